The van der Waals surface area contributed by atoms with Gasteiger partial charge >= 0.3 is 0 Å². The lowest BCUT2D eigenvalue weighted by Crippen LogP contribution is -1.91. The van der Waals surface area contributed by atoms with Gasteiger partial charge in [-0.2, -0.15) is 5.26 Å². The summed E-state index contributed by atoms with van der Waals surface area (Å²) in [6.07, 6.45) is 0. The Morgan fingerprint density at radius 3 is 2.80 bits per heavy atom. The number of aryl methyl sites for hydroxylation is 1. The first-order chi connectivity index (χ1) is 7.13. The first kappa shape index (κ1) is 9.47. The summed E-state index contributed by atoms with van der Waals surface area (Å²) >= 11 is 0. The Hall–Kier alpha value is -2.08. The van der Waals surface area contributed by atoms with Crippen LogP contribution in [0.1, 0.15) is 28.6 Å². The number of hydrogen-bond donors (Lipinski definition) is 0. The zero-order chi connectivity index (χ0) is 11.0. The number of rotatable bonds is 1. The van der Waals surface area contributed by atoms with Gasteiger partial charge in [0.15, 0.2) is 11.5 Å². The summed E-state index contributed by atoms with van der Waals surface area (Å²) in [7, 11) is 0. The minimum absolute atomic E-state index is 0.151. The van der Waals surface area contributed by atoms with Crippen LogP contribution in [0.15, 0.2) is 22.6 Å². The third kappa shape index (κ3) is 1.40. The Labute approximate surface area is 86.9 Å². The monoisotopic (exact) mass is 199 g/mol. The fourth-order valence-electron chi connectivity index (χ4n) is 1.56. The molecule has 15 heavy (non-hydrogen) atoms. The number of furan rings is 1. The third-order valence-corrected chi connectivity index (χ3v) is 2.28. The molecule has 1 heterocycles. The highest BCUT2D eigenvalue weighted by molar-refractivity contribution is 6.00. The van der Waals surface area contributed by atoms with Crippen LogP contribution < -0.4 is 0 Å². The van der Waals surface area contributed by atoms with Gasteiger partial charge in [0.25, 0.3) is 0 Å². The smallest absolute Gasteiger partial charge is 0.196 e. The second-order valence-electron chi connectivity index (χ2n) is 3.47. The molecule has 0 amide bonds. The first-order valence-corrected chi connectivity index (χ1v) is 4.57. The van der Waals surface area contributed by atoms with E-state index in [2.05, 4.69) is 0 Å². The van der Waals surface area contributed by atoms with E-state index in [9.17, 15) is 4.79 Å². The molecule has 0 N–H and O–H groups in total. The Morgan fingerprint density at radius 1 is 1.47 bits per heavy atom. The molecule has 0 aliphatic heterocycles. The van der Waals surface area contributed by atoms with E-state index >= 15 is 0 Å². The van der Waals surface area contributed by atoms with Crippen LogP contribution in [0, 0.1) is 18.3 Å². The number of fused-ring (bicyclic) bond motifs is 1. The number of nitriles is 1. The molecule has 2 rings (SSSR count). The van der Waals surface area contributed by atoms with Crippen LogP contribution in [0.5, 0.6) is 0 Å². The minimum Gasteiger partial charge on any atom is -0.452 e. The van der Waals surface area contributed by atoms with Gasteiger partial charge in [0.05, 0.1) is 0 Å². The Kier molecular flexibility index (Phi) is 2.05. The number of Topliss-reactive ketones (excluding diaryl/α,β-unsaturated/α-hetero) is 1. The molecule has 0 atom stereocenters. The molecular formula is C12H9NO2. The fourth-order valence-corrected chi connectivity index (χ4v) is 1.56. The van der Waals surface area contributed by atoms with Gasteiger partial charge < -0.3 is 4.42 Å². The van der Waals surface area contributed by atoms with Gasteiger partial charge in [-0.05, 0) is 24.6 Å². The van der Waals surface area contributed by atoms with Crippen LogP contribution in [-0.2, 0) is 0 Å². The molecule has 1 aromatic heterocycles. The summed E-state index contributed by atoms with van der Waals surface area (Å²) in [4.78, 5) is 11.2. The third-order valence-electron chi connectivity index (χ3n) is 2.28. The van der Waals surface area contributed by atoms with Crippen molar-refractivity contribution in [2.75, 3.05) is 0 Å². The Balaban J connectivity index is 2.86. The van der Waals surface area contributed by atoms with Crippen molar-refractivity contribution in [3.63, 3.8) is 0 Å². The molecule has 0 saturated heterocycles. The predicted molar refractivity (Wildman–Crippen MR) is 55.7 cm³/mol. The molecule has 3 nitrogen and oxygen atoms in total. The van der Waals surface area contributed by atoms with Gasteiger partial charge in [-0.1, -0.05) is 6.07 Å². The summed E-state index contributed by atoms with van der Waals surface area (Å²) in [5.74, 6) is -0.0708. The number of carbonyl (C=O) groups is 1. The summed E-state index contributed by atoms with van der Waals surface area (Å²) in [6, 6.07) is 7.52. The van der Waals surface area contributed by atoms with Crippen molar-refractivity contribution in [3.05, 3.63) is 35.1 Å². The van der Waals surface area contributed by atoms with Gasteiger partial charge in [0, 0.05) is 12.3 Å². The number of benzene rings is 1. The van der Waals surface area contributed by atoms with Crippen molar-refractivity contribution in [2.45, 2.75) is 13.8 Å². The molecule has 2 aromatic rings. The minimum atomic E-state index is -0.222. The maximum absolute atomic E-state index is 11.2. The summed E-state index contributed by atoms with van der Waals surface area (Å²) in [5, 5.41) is 9.66. The normalized spacial score (nSPS) is 10.2. The van der Waals surface area contributed by atoms with E-state index in [1.165, 1.54) is 6.92 Å². The highest BCUT2D eigenvalue weighted by Gasteiger charge is 2.16. The molecule has 0 aliphatic rings. The van der Waals surface area contributed by atoms with E-state index < -0.39 is 0 Å². The fraction of sp³-hybridized carbons (Fsp3) is 0.167. The molecular weight excluding hydrogens is 190 g/mol. The molecule has 0 aliphatic carbocycles. The molecule has 0 bridgehead atoms. The van der Waals surface area contributed by atoms with Crippen molar-refractivity contribution < 1.29 is 9.21 Å². The van der Waals surface area contributed by atoms with E-state index in [1.807, 2.05) is 25.1 Å². The maximum atomic E-state index is 11.2. The maximum Gasteiger partial charge on any atom is 0.196 e. The van der Waals surface area contributed by atoms with Crippen LogP contribution >= 0.6 is 0 Å². The molecule has 3 heteroatoms. The van der Waals surface area contributed by atoms with Crippen molar-refractivity contribution in [2.24, 2.45) is 0 Å². The van der Waals surface area contributed by atoms with E-state index in [-0.39, 0.29) is 11.5 Å². The highest BCUT2D eigenvalue weighted by atomic mass is 16.3. The zero-order valence-electron chi connectivity index (χ0n) is 8.50. The van der Waals surface area contributed by atoms with Crippen LogP contribution in [-0.4, -0.2) is 5.78 Å². The zero-order valence-corrected chi connectivity index (χ0v) is 8.50. The first-order valence-electron chi connectivity index (χ1n) is 4.57. The molecule has 0 unspecified atom stereocenters. The van der Waals surface area contributed by atoms with Gasteiger partial charge in [-0.3, -0.25) is 4.79 Å². The average molecular weight is 199 g/mol. The van der Waals surface area contributed by atoms with Crippen LogP contribution in [0.25, 0.3) is 11.0 Å². The molecule has 74 valence electrons. The van der Waals surface area contributed by atoms with Crippen LogP contribution in [0.3, 0.4) is 0 Å². The van der Waals surface area contributed by atoms with Crippen molar-refractivity contribution in [3.8, 4) is 6.07 Å². The summed E-state index contributed by atoms with van der Waals surface area (Å²) in [6.45, 7) is 3.33. The lowest BCUT2D eigenvalue weighted by atomic mass is 10.1. The van der Waals surface area contributed by atoms with Gasteiger partial charge in [0.1, 0.15) is 17.2 Å². The number of hydrogen-bond acceptors (Lipinski definition) is 3. The van der Waals surface area contributed by atoms with Crippen LogP contribution in [0.2, 0.25) is 0 Å². The highest BCUT2D eigenvalue weighted by Crippen LogP contribution is 2.26. The van der Waals surface area contributed by atoms with Crippen molar-refractivity contribution in [1.82, 2.24) is 0 Å². The molecule has 0 spiro atoms. The van der Waals surface area contributed by atoms with E-state index in [4.69, 9.17) is 9.68 Å². The van der Waals surface area contributed by atoms with E-state index in [1.54, 1.807) is 6.07 Å². The Morgan fingerprint density at radius 2 is 2.20 bits per heavy atom. The molecule has 0 radical (unpaired) electrons. The topological polar surface area (TPSA) is 54.0 Å². The van der Waals surface area contributed by atoms with Crippen molar-refractivity contribution in [1.29, 1.82) is 5.26 Å². The second-order valence-corrected chi connectivity index (χ2v) is 3.47. The Bertz CT molecular complexity index is 587. The van der Waals surface area contributed by atoms with Crippen molar-refractivity contribution >= 4 is 16.8 Å². The van der Waals surface area contributed by atoms with Gasteiger partial charge in [-0.15, -0.1) is 0 Å². The number of nitrogens with zero attached hydrogens (tertiary/aromatic N) is 1. The van der Waals surface area contributed by atoms with Crippen LogP contribution in [0.4, 0.5) is 0 Å². The van der Waals surface area contributed by atoms with E-state index in [0.29, 0.717) is 16.5 Å². The lowest BCUT2D eigenvalue weighted by Gasteiger charge is -1.89. The quantitative estimate of drug-likeness (QED) is 0.663. The standard InChI is InChI=1S/C12H9NO2/c1-7-3-4-9-10(6-13)12(8(2)14)15-11(9)5-7/h3-5H,1-2H3. The molecule has 1 aromatic carbocycles. The average Bonchev–Trinajstić information content (AvgIpc) is 2.55. The van der Waals surface area contributed by atoms with Gasteiger partial charge in [-0.25, -0.2) is 0 Å². The predicted octanol–water partition coefficient (Wildman–Crippen LogP) is 2.82. The summed E-state index contributed by atoms with van der Waals surface area (Å²) in [5.41, 5.74) is 1.96. The van der Waals surface area contributed by atoms with E-state index in [0.717, 1.165) is 5.56 Å². The summed E-state index contributed by atoms with van der Waals surface area (Å²) < 4.78 is 5.36. The second kappa shape index (κ2) is 3.25. The molecule has 0 fully saturated rings. The largest absolute Gasteiger partial charge is 0.452 e. The SMILES string of the molecule is CC(=O)c1oc2cc(C)ccc2c1C#N. The van der Waals surface area contributed by atoms with Gasteiger partial charge in [0.2, 0.25) is 0 Å². The number of ketones is 1. The molecule has 0 saturated carbocycles. The number of carbonyl (C=O) groups excluding carboxylic acids is 1. The lowest BCUT2D eigenvalue weighted by molar-refractivity contribution is 0.0989.